The summed E-state index contributed by atoms with van der Waals surface area (Å²) in [6.07, 6.45) is 12.2. The van der Waals surface area contributed by atoms with E-state index >= 15 is 0 Å². The molecule has 0 bridgehead atoms. The number of nitrogens with zero attached hydrogens (tertiary/aromatic N) is 2. The SMILES string of the molecule is O=C1CCC(N2C(=O)c3cccc(CCCCCCCCCCCCc4cccc5c4C(=O)N(C4CCC(=O)NC4=O)C5=O)c3C2=O)C(=O)N1. The number of fused-ring (bicyclic) bond motifs is 2. The van der Waals surface area contributed by atoms with Gasteiger partial charge >= 0.3 is 0 Å². The Morgan fingerprint density at radius 3 is 1.20 bits per heavy atom. The molecule has 0 spiro atoms. The number of carbonyl (C=O) groups is 8. The largest absolute Gasteiger partial charge is 0.295 e. The normalized spacial score (nSPS) is 20.4. The number of nitrogens with one attached hydrogen (secondary N) is 2. The number of piperidine rings is 2. The molecule has 50 heavy (non-hydrogen) atoms. The van der Waals surface area contributed by atoms with Gasteiger partial charge in [-0.15, -0.1) is 0 Å². The van der Waals surface area contributed by atoms with Gasteiger partial charge in [0.25, 0.3) is 23.6 Å². The zero-order chi connectivity index (χ0) is 35.4. The van der Waals surface area contributed by atoms with Crippen molar-refractivity contribution in [1.82, 2.24) is 20.4 Å². The lowest BCUT2D eigenvalue weighted by Crippen LogP contribution is -2.54. The van der Waals surface area contributed by atoms with Crippen molar-refractivity contribution in [2.24, 2.45) is 0 Å². The molecule has 0 aromatic heterocycles. The quantitative estimate of drug-likeness (QED) is 0.209. The minimum Gasteiger partial charge on any atom is -0.295 e. The van der Waals surface area contributed by atoms with Gasteiger partial charge in [0.1, 0.15) is 12.1 Å². The van der Waals surface area contributed by atoms with Crippen LogP contribution in [0, 0.1) is 0 Å². The maximum Gasteiger partial charge on any atom is 0.262 e. The molecule has 4 heterocycles. The number of hydrogen-bond donors (Lipinski definition) is 2. The van der Waals surface area contributed by atoms with Gasteiger partial charge in [0.05, 0.1) is 22.3 Å². The van der Waals surface area contributed by atoms with Gasteiger partial charge in [-0.2, -0.15) is 0 Å². The highest BCUT2D eigenvalue weighted by Gasteiger charge is 2.46. The second-order valence-corrected chi connectivity index (χ2v) is 13.6. The molecule has 2 aromatic rings. The van der Waals surface area contributed by atoms with Gasteiger partial charge in [0.15, 0.2) is 0 Å². The summed E-state index contributed by atoms with van der Waals surface area (Å²) in [5.74, 6) is -3.87. The highest BCUT2D eigenvalue weighted by molar-refractivity contribution is 6.25. The molecule has 262 valence electrons. The van der Waals surface area contributed by atoms with Crippen LogP contribution in [-0.2, 0) is 32.0 Å². The van der Waals surface area contributed by atoms with Crippen molar-refractivity contribution >= 4 is 47.3 Å². The molecule has 4 aliphatic heterocycles. The highest BCUT2D eigenvalue weighted by Crippen LogP contribution is 2.32. The number of hydrogen-bond acceptors (Lipinski definition) is 8. The van der Waals surface area contributed by atoms with Crippen LogP contribution in [-0.4, -0.2) is 69.1 Å². The van der Waals surface area contributed by atoms with Crippen LogP contribution >= 0.6 is 0 Å². The molecule has 2 fully saturated rings. The first-order valence-corrected chi connectivity index (χ1v) is 17.8. The summed E-state index contributed by atoms with van der Waals surface area (Å²) in [6.45, 7) is 0. The molecule has 6 rings (SSSR count). The third-order valence-corrected chi connectivity index (χ3v) is 10.3. The number of unbranched alkanes of at least 4 members (excludes halogenated alkanes) is 9. The standard InChI is InChI=1S/C38H42N4O8/c43-29-21-19-27(33(45)39-29)41-35(47)25-17-11-15-23(31(25)37(41)49)13-9-7-5-3-1-2-4-6-8-10-14-24-16-12-18-26-32(24)38(50)42(36(26)48)28-20-22-30(44)40-34(28)46/h11-12,15-18,27-28H,1-10,13-14,19-22H2,(H,39,43,45)(H,40,44,46). The van der Waals surface area contributed by atoms with Crippen molar-refractivity contribution in [2.45, 2.75) is 115 Å². The van der Waals surface area contributed by atoms with E-state index in [0.29, 0.717) is 35.1 Å². The lowest BCUT2D eigenvalue weighted by atomic mass is 9.97. The third-order valence-electron chi connectivity index (χ3n) is 10.3. The van der Waals surface area contributed by atoms with Crippen molar-refractivity contribution in [1.29, 1.82) is 0 Å². The van der Waals surface area contributed by atoms with Crippen LogP contribution in [0.5, 0.6) is 0 Å². The maximum atomic E-state index is 13.3. The number of carbonyl (C=O) groups excluding carboxylic acids is 8. The van der Waals surface area contributed by atoms with Crippen LogP contribution in [0.1, 0.15) is 142 Å². The topological polar surface area (TPSA) is 167 Å². The number of benzene rings is 2. The molecule has 2 atom stereocenters. The number of aryl methyl sites for hydroxylation is 2. The van der Waals surface area contributed by atoms with E-state index < -0.39 is 59.3 Å². The minimum absolute atomic E-state index is 0.0929. The average Bonchev–Trinajstić information content (AvgIpc) is 3.50. The predicted molar refractivity (Wildman–Crippen MR) is 180 cm³/mol. The number of rotatable bonds is 15. The molecular weight excluding hydrogens is 640 g/mol. The van der Waals surface area contributed by atoms with Crippen molar-refractivity contribution in [3.63, 3.8) is 0 Å². The van der Waals surface area contributed by atoms with Crippen molar-refractivity contribution in [2.75, 3.05) is 0 Å². The fourth-order valence-electron chi connectivity index (χ4n) is 7.63. The maximum absolute atomic E-state index is 13.3. The molecule has 12 heteroatoms. The van der Waals surface area contributed by atoms with Crippen molar-refractivity contribution < 1.29 is 38.4 Å². The van der Waals surface area contributed by atoms with Crippen LogP contribution in [0.2, 0.25) is 0 Å². The molecule has 12 nitrogen and oxygen atoms in total. The molecule has 2 saturated heterocycles. The van der Waals surface area contributed by atoms with Gasteiger partial charge in [0, 0.05) is 12.8 Å². The monoisotopic (exact) mass is 682 g/mol. The second kappa shape index (κ2) is 15.3. The fourth-order valence-corrected chi connectivity index (χ4v) is 7.63. The van der Waals surface area contributed by atoms with Crippen LogP contribution < -0.4 is 10.6 Å². The predicted octanol–water partition coefficient (Wildman–Crippen LogP) is 4.18. The first-order chi connectivity index (χ1) is 24.2. The Kier molecular flexibility index (Phi) is 10.6. The summed E-state index contributed by atoms with van der Waals surface area (Å²) in [5, 5.41) is 4.46. The molecular formula is C38H42N4O8. The Hall–Kier alpha value is -5.00. The van der Waals surface area contributed by atoms with Crippen LogP contribution in [0.25, 0.3) is 0 Å². The molecule has 2 N–H and O–H groups in total. The first kappa shape index (κ1) is 34.8. The van der Waals surface area contributed by atoms with E-state index in [9.17, 15) is 38.4 Å². The number of imide groups is 4. The minimum atomic E-state index is -0.963. The van der Waals surface area contributed by atoms with E-state index in [2.05, 4.69) is 10.6 Å². The first-order valence-electron chi connectivity index (χ1n) is 17.8. The zero-order valence-electron chi connectivity index (χ0n) is 28.1. The smallest absolute Gasteiger partial charge is 0.262 e. The molecule has 0 radical (unpaired) electrons. The summed E-state index contributed by atoms with van der Waals surface area (Å²) < 4.78 is 0. The molecule has 0 aliphatic carbocycles. The van der Waals surface area contributed by atoms with Gasteiger partial charge in [-0.05, 0) is 61.8 Å². The Morgan fingerprint density at radius 1 is 0.480 bits per heavy atom. The molecule has 2 unspecified atom stereocenters. The lowest BCUT2D eigenvalue weighted by Gasteiger charge is -2.27. The van der Waals surface area contributed by atoms with Crippen LogP contribution in [0.4, 0.5) is 0 Å². The fraction of sp³-hybridized carbons (Fsp3) is 0.474. The van der Waals surface area contributed by atoms with E-state index in [0.717, 1.165) is 85.1 Å². The van der Waals surface area contributed by atoms with Gasteiger partial charge < -0.3 is 0 Å². The van der Waals surface area contributed by atoms with Crippen molar-refractivity contribution in [3.8, 4) is 0 Å². The summed E-state index contributed by atoms with van der Waals surface area (Å²) >= 11 is 0. The van der Waals surface area contributed by atoms with E-state index in [1.807, 2.05) is 12.1 Å². The molecule has 8 amide bonds. The van der Waals surface area contributed by atoms with E-state index in [-0.39, 0.29) is 25.7 Å². The Bertz CT molecular complexity index is 1640. The van der Waals surface area contributed by atoms with Gasteiger partial charge in [0.2, 0.25) is 23.6 Å². The molecule has 2 aromatic carbocycles. The Morgan fingerprint density at radius 2 is 0.840 bits per heavy atom. The van der Waals surface area contributed by atoms with Crippen LogP contribution in [0.3, 0.4) is 0 Å². The number of amides is 8. The van der Waals surface area contributed by atoms with Gasteiger partial charge in [-0.3, -0.25) is 58.8 Å². The van der Waals surface area contributed by atoms with Crippen LogP contribution in [0.15, 0.2) is 36.4 Å². The molecule has 4 aliphatic rings. The summed E-state index contributed by atoms with van der Waals surface area (Å²) in [4.78, 5) is 102. The van der Waals surface area contributed by atoms with Gasteiger partial charge in [-0.25, -0.2) is 0 Å². The van der Waals surface area contributed by atoms with E-state index in [4.69, 9.17) is 0 Å². The Labute approximate surface area is 290 Å². The summed E-state index contributed by atoms with van der Waals surface area (Å²) in [7, 11) is 0. The summed E-state index contributed by atoms with van der Waals surface area (Å²) in [5.41, 5.74) is 3.05. The zero-order valence-corrected chi connectivity index (χ0v) is 28.1. The Balaban J connectivity index is 0.866. The summed E-state index contributed by atoms with van der Waals surface area (Å²) in [6, 6.07) is 8.62. The van der Waals surface area contributed by atoms with Crippen molar-refractivity contribution in [3.05, 3.63) is 69.8 Å². The van der Waals surface area contributed by atoms with Gasteiger partial charge in [-0.1, -0.05) is 75.6 Å². The second-order valence-electron chi connectivity index (χ2n) is 13.6. The molecule has 0 saturated carbocycles. The third kappa shape index (κ3) is 7.01. The highest BCUT2D eigenvalue weighted by atomic mass is 16.2. The van der Waals surface area contributed by atoms with E-state index in [1.54, 1.807) is 24.3 Å². The van der Waals surface area contributed by atoms with E-state index in [1.165, 1.54) is 0 Å². The lowest BCUT2D eigenvalue weighted by molar-refractivity contribution is -0.137. The average molecular weight is 683 g/mol.